The van der Waals surface area contributed by atoms with E-state index in [0.717, 1.165) is 11.1 Å². The summed E-state index contributed by atoms with van der Waals surface area (Å²) in [5.74, 6) is 0.0895. The largest absolute Gasteiger partial charge is 0.354 e. The first-order chi connectivity index (χ1) is 13.8. The molecule has 0 saturated heterocycles. The van der Waals surface area contributed by atoms with Gasteiger partial charge in [0, 0.05) is 23.1 Å². The molecule has 0 bridgehead atoms. The van der Waals surface area contributed by atoms with Crippen LogP contribution in [0.3, 0.4) is 0 Å². The fraction of sp³-hybridized carbons (Fsp3) is 0.391. The Labute approximate surface area is 183 Å². The summed E-state index contributed by atoms with van der Waals surface area (Å²) in [7, 11) is 0. The number of nitrogens with one attached hydrogen (secondary N) is 1. The first-order valence-corrected chi connectivity index (χ1v) is 10.6. The van der Waals surface area contributed by atoms with Gasteiger partial charge in [-0.15, -0.1) is 0 Å². The number of hydrogen-bond donors (Lipinski definition) is 1. The van der Waals surface area contributed by atoms with Gasteiger partial charge in [0.15, 0.2) is 0 Å². The Bertz CT molecular complexity index is 822. The number of hydrogen-bond acceptors (Lipinski definition) is 2. The second kappa shape index (κ2) is 11.2. The molecule has 4 nitrogen and oxygen atoms in total. The van der Waals surface area contributed by atoms with Crippen molar-refractivity contribution in [2.45, 2.75) is 46.2 Å². The first-order valence-electron chi connectivity index (χ1n) is 9.86. The molecule has 2 amide bonds. The maximum Gasteiger partial charge on any atom is 0.242 e. The second-order valence-electron chi connectivity index (χ2n) is 7.52. The highest BCUT2D eigenvalue weighted by Gasteiger charge is 2.28. The van der Waals surface area contributed by atoms with Crippen LogP contribution >= 0.6 is 23.2 Å². The molecule has 1 N–H and O–H groups in total. The fourth-order valence-electron chi connectivity index (χ4n) is 3.05. The van der Waals surface area contributed by atoms with Crippen molar-refractivity contribution in [3.05, 3.63) is 69.7 Å². The van der Waals surface area contributed by atoms with Gasteiger partial charge in [0.05, 0.1) is 6.42 Å². The minimum atomic E-state index is -0.545. The number of benzene rings is 2. The highest BCUT2D eigenvalue weighted by molar-refractivity contribution is 6.30. The van der Waals surface area contributed by atoms with Gasteiger partial charge in [0.1, 0.15) is 6.04 Å². The van der Waals surface area contributed by atoms with Gasteiger partial charge in [0.2, 0.25) is 11.8 Å². The van der Waals surface area contributed by atoms with Crippen LogP contribution in [0.1, 0.15) is 38.3 Å². The van der Waals surface area contributed by atoms with Gasteiger partial charge < -0.3 is 10.2 Å². The molecule has 29 heavy (non-hydrogen) atoms. The van der Waals surface area contributed by atoms with E-state index in [4.69, 9.17) is 23.2 Å². The SMILES string of the molecule is CC[C@H](C(=O)NCC(C)C)N(Cc1ccc(Cl)cc1)C(=O)Cc1cccc(Cl)c1. The third-order valence-corrected chi connectivity index (χ3v) is 5.07. The zero-order chi connectivity index (χ0) is 21.4. The van der Waals surface area contributed by atoms with E-state index in [9.17, 15) is 9.59 Å². The summed E-state index contributed by atoms with van der Waals surface area (Å²) in [5.41, 5.74) is 1.74. The number of rotatable bonds is 9. The Kier molecular flexibility index (Phi) is 8.99. The molecule has 6 heteroatoms. The van der Waals surface area contributed by atoms with Gasteiger partial charge in [-0.3, -0.25) is 9.59 Å². The number of carbonyl (C=O) groups is 2. The van der Waals surface area contributed by atoms with Crippen molar-refractivity contribution in [2.75, 3.05) is 6.54 Å². The van der Waals surface area contributed by atoms with Crippen molar-refractivity contribution >= 4 is 35.0 Å². The molecule has 1 atom stereocenters. The van der Waals surface area contributed by atoms with Gasteiger partial charge in [-0.25, -0.2) is 0 Å². The molecular weight excluding hydrogens is 407 g/mol. The van der Waals surface area contributed by atoms with Crippen LogP contribution in [0.4, 0.5) is 0 Å². The lowest BCUT2D eigenvalue weighted by molar-refractivity contribution is -0.141. The molecule has 0 unspecified atom stereocenters. The summed E-state index contributed by atoms with van der Waals surface area (Å²) in [6, 6.07) is 14.0. The topological polar surface area (TPSA) is 49.4 Å². The van der Waals surface area contributed by atoms with Crippen molar-refractivity contribution in [2.24, 2.45) is 5.92 Å². The van der Waals surface area contributed by atoms with Crippen molar-refractivity contribution in [1.29, 1.82) is 0 Å². The molecule has 0 radical (unpaired) electrons. The second-order valence-corrected chi connectivity index (χ2v) is 8.39. The molecular formula is C23H28Cl2N2O2. The summed E-state index contributed by atoms with van der Waals surface area (Å²) in [6.07, 6.45) is 0.709. The van der Waals surface area contributed by atoms with Gasteiger partial charge in [-0.2, -0.15) is 0 Å². The minimum absolute atomic E-state index is 0.117. The average Bonchev–Trinajstić information content (AvgIpc) is 2.67. The molecule has 0 spiro atoms. The van der Waals surface area contributed by atoms with E-state index in [1.54, 1.807) is 29.2 Å². The molecule has 0 aromatic heterocycles. The standard InChI is InChI=1S/C23H28Cl2N2O2/c1-4-21(23(29)26-14-16(2)3)27(15-17-8-10-19(24)11-9-17)22(28)13-18-6-5-7-20(25)12-18/h5-12,16,21H,4,13-15H2,1-3H3,(H,26,29)/t21-/m1/s1. The number of nitrogens with zero attached hydrogens (tertiary/aromatic N) is 1. The van der Waals surface area contributed by atoms with Crippen molar-refractivity contribution < 1.29 is 9.59 Å². The molecule has 2 aromatic rings. The van der Waals surface area contributed by atoms with Crippen LogP contribution in [0.25, 0.3) is 0 Å². The highest BCUT2D eigenvalue weighted by atomic mass is 35.5. The lowest BCUT2D eigenvalue weighted by atomic mass is 10.1. The molecule has 0 fully saturated rings. The lowest BCUT2D eigenvalue weighted by Crippen LogP contribution is -2.50. The van der Waals surface area contributed by atoms with Crippen LogP contribution < -0.4 is 5.32 Å². The minimum Gasteiger partial charge on any atom is -0.354 e. The number of amides is 2. The summed E-state index contributed by atoms with van der Waals surface area (Å²) in [4.78, 5) is 27.7. The summed E-state index contributed by atoms with van der Waals surface area (Å²) in [6.45, 7) is 6.91. The molecule has 0 heterocycles. The molecule has 0 aliphatic heterocycles. The maximum absolute atomic E-state index is 13.2. The normalized spacial score (nSPS) is 11.9. The third kappa shape index (κ3) is 7.37. The van der Waals surface area contributed by atoms with Gasteiger partial charge >= 0.3 is 0 Å². The van der Waals surface area contributed by atoms with E-state index >= 15 is 0 Å². The Morgan fingerprint density at radius 3 is 2.28 bits per heavy atom. The molecule has 0 saturated carbocycles. The smallest absolute Gasteiger partial charge is 0.242 e. The zero-order valence-corrected chi connectivity index (χ0v) is 18.6. The van der Waals surface area contributed by atoms with E-state index in [0.29, 0.717) is 35.5 Å². The van der Waals surface area contributed by atoms with Gasteiger partial charge in [-0.1, -0.05) is 68.2 Å². The van der Waals surface area contributed by atoms with E-state index < -0.39 is 6.04 Å². The summed E-state index contributed by atoms with van der Waals surface area (Å²) >= 11 is 12.0. The van der Waals surface area contributed by atoms with Crippen LogP contribution in [-0.4, -0.2) is 29.3 Å². The Morgan fingerprint density at radius 1 is 1.00 bits per heavy atom. The molecule has 2 aromatic carbocycles. The van der Waals surface area contributed by atoms with Gasteiger partial charge in [0.25, 0.3) is 0 Å². The van der Waals surface area contributed by atoms with Crippen LogP contribution in [0.15, 0.2) is 48.5 Å². The van der Waals surface area contributed by atoms with E-state index in [1.807, 2.05) is 45.0 Å². The van der Waals surface area contributed by atoms with E-state index in [2.05, 4.69) is 5.32 Å². The Balaban J connectivity index is 2.25. The molecule has 0 aliphatic rings. The predicted molar refractivity (Wildman–Crippen MR) is 119 cm³/mol. The molecule has 156 valence electrons. The lowest BCUT2D eigenvalue weighted by Gasteiger charge is -2.31. The van der Waals surface area contributed by atoms with Crippen molar-refractivity contribution in [3.63, 3.8) is 0 Å². The van der Waals surface area contributed by atoms with E-state index in [-0.39, 0.29) is 18.2 Å². The average molecular weight is 435 g/mol. The van der Waals surface area contributed by atoms with Crippen molar-refractivity contribution in [1.82, 2.24) is 10.2 Å². The Hall–Kier alpha value is -2.04. The molecule has 0 aliphatic carbocycles. The fourth-order valence-corrected chi connectivity index (χ4v) is 3.39. The summed E-state index contributed by atoms with van der Waals surface area (Å²) in [5, 5.41) is 4.18. The summed E-state index contributed by atoms with van der Waals surface area (Å²) < 4.78 is 0. The van der Waals surface area contributed by atoms with Crippen LogP contribution in [0.5, 0.6) is 0 Å². The van der Waals surface area contributed by atoms with Gasteiger partial charge in [-0.05, 0) is 47.7 Å². The van der Waals surface area contributed by atoms with Crippen molar-refractivity contribution in [3.8, 4) is 0 Å². The first kappa shape index (κ1) is 23.2. The van der Waals surface area contributed by atoms with E-state index in [1.165, 1.54) is 0 Å². The number of carbonyl (C=O) groups excluding carboxylic acids is 2. The number of halogens is 2. The Morgan fingerprint density at radius 2 is 1.69 bits per heavy atom. The highest BCUT2D eigenvalue weighted by Crippen LogP contribution is 2.18. The monoisotopic (exact) mass is 434 g/mol. The van der Waals surface area contributed by atoms with Crippen LogP contribution in [-0.2, 0) is 22.6 Å². The predicted octanol–water partition coefficient (Wildman–Crippen LogP) is 5.12. The quantitative estimate of drug-likeness (QED) is 0.595. The van der Waals surface area contributed by atoms with Crippen LogP contribution in [0.2, 0.25) is 10.0 Å². The maximum atomic E-state index is 13.2. The zero-order valence-electron chi connectivity index (χ0n) is 17.1. The van der Waals surface area contributed by atoms with Crippen LogP contribution in [0, 0.1) is 5.92 Å². The molecule has 2 rings (SSSR count). The third-order valence-electron chi connectivity index (χ3n) is 4.58.